The van der Waals surface area contributed by atoms with Crippen molar-refractivity contribution in [2.24, 2.45) is 5.92 Å². The van der Waals surface area contributed by atoms with Gasteiger partial charge in [-0.05, 0) is 47.9 Å². The molecule has 3 heterocycles. The van der Waals surface area contributed by atoms with Crippen LogP contribution in [0.1, 0.15) is 28.1 Å². The van der Waals surface area contributed by atoms with Gasteiger partial charge in [-0.1, -0.05) is 12.1 Å². The average molecular weight is 386 g/mol. The number of likely N-dealkylation sites (tertiary alicyclic amines) is 1. The number of piperidine rings is 1. The number of hydrogen-bond donors (Lipinski definition) is 1. The van der Waals surface area contributed by atoms with Crippen LogP contribution in [0.25, 0.3) is 0 Å². The van der Waals surface area contributed by atoms with Gasteiger partial charge in [-0.15, -0.1) is 11.3 Å². The number of hydrogen-bond acceptors (Lipinski definition) is 5. The predicted octanol–water partition coefficient (Wildman–Crippen LogP) is 2.69. The lowest BCUT2D eigenvalue weighted by atomic mass is 9.97. The van der Waals surface area contributed by atoms with Gasteiger partial charge in [0.15, 0.2) is 11.5 Å². The summed E-state index contributed by atoms with van der Waals surface area (Å²) in [5.74, 6) is 1.80. The summed E-state index contributed by atoms with van der Waals surface area (Å²) in [7, 11) is 0. The molecule has 0 radical (unpaired) electrons. The van der Waals surface area contributed by atoms with Gasteiger partial charge in [-0.2, -0.15) is 0 Å². The summed E-state index contributed by atoms with van der Waals surface area (Å²) in [6.07, 6.45) is 2.34. The Morgan fingerprint density at radius 1 is 1.22 bits per heavy atom. The molecule has 0 saturated carbocycles. The Labute approximate surface area is 162 Å². The molecule has 142 valence electrons. The van der Waals surface area contributed by atoms with E-state index in [9.17, 15) is 9.59 Å². The Morgan fingerprint density at radius 3 is 2.96 bits per heavy atom. The summed E-state index contributed by atoms with van der Waals surface area (Å²) in [6, 6.07) is 9.33. The Bertz CT molecular complexity index is 821. The number of nitrogens with zero attached hydrogens (tertiary/aromatic N) is 1. The first kappa shape index (κ1) is 17.9. The van der Waals surface area contributed by atoms with Gasteiger partial charge in [0.25, 0.3) is 5.91 Å². The molecule has 2 amide bonds. The number of carbonyl (C=O) groups excluding carboxylic acids is 2. The van der Waals surface area contributed by atoms with Crippen molar-refractivity contribution in [2.45, 2.75) is 19.3 Å². The molecule has 27 heavy (non-hydrogen) atoms. The fraction of sp³-hybridized carbons (Fsp3) is 0.400. The highest BCUT2D eigenvalue weighted by molar-refractivity contribution is 7.12. The average Bonchev–Trinajstić information content (AvgIpc) is 3.37. The summed E-state index contributed by atoms with van der Waals surface area (Å²) in [5.41, 5.74) is 0.928. The number of benzene rings is 1. The number of ether oxygens (including phenoxy) is 2. The maximum absolute atomic E-state index is 12.7. The van der Waals surface area contributed by atoms with Crippen molar-refractivity contribution < 1.29 is 19.1 Å². The number of rotatable bonds is 5. The summed E-state index contributed by atoms with van der Waals surface area (Å²) in [6.45, 7) is 2.30. The Balaban J connectivity index is 1.29. The lowest BCUT2D eigenvalue weighted by molar-refractivity contribution is -0.132. The zero-order valence-electron chi connectivity index (χ0n) is 15.0. The van der Waals surface area contributed by atoms with E-state index in [4.69, 9.17) is 9.47 Å². The van der Waals surface area contributed by atoms with E-state index in [2.05, 4.69) is 5.32 Å². The molecule has 1 aromatic heterocycles. The molecule has 1 saturated heterocycles. The van der Waals surface area contributed by atoms with Gasteiger partial charge in [-0.25, -0.2) is 0 Å². The summed E-state index contributed by atoms with van der Waals surface area (Å²) in [5, 5.41) is 4.89. The van der Waals surface area contributed by atoms with E-state index in [0.29, 0.717) is 31.2 Å². The van der Waals surface area contributed by atoms with Crippen LogP contribution >= 0.6 is 11.3 Å². The predicted molar refractivity (Wildman–Crippen MR) is 102 cm³/mol. The molecular weight excluding hydrogens is 364 g/mol. The third-order valence-corrected chi connectivity index (χ3v) is 5.83. The molecule has 4 rings (SSSR count). The highest BCUT2D eigenvalue weighted by Gasteiger charge is 2.25. The van der Waals surface area contributed by atoms with Gasteiger partial charge >= 0.3 is 0 Å². The van der Waals surface area contributed by atoms with Crippen molar-refractivity contribution in [1.82, 2.24) is 10.2 Å². The molecular formula is C20H22N2O4S. The summed E-state index contributed by atoms with van der Waals surface area (Å²) >= 11 is 1.44. The first-order chi connectivity index (χ1) is 13.2. The third kappa shape index (κ3) is 4.24. The molecule has 0 spiro atoms. The molecule has 1 unspecified atom stereocenters. The second-order valence-electron chi connectivity index (χ2n) is 6.90. The third-order valence-electron chi connectivity index (χ3n) is 4.96. The number of thiophene rings is 1. The largest absolute Gasteiger partial charge is 0.454 e. The lowest BCUT2D eigenvalue weighted by Crippen LogP contribution is -2.44. The fourth-order valence-electron chi connectivity index (χ4n) is 3.53. The highest BCUT2D eigenvalue weighted by Crippen LogP contribution is 2.32. The van der Waals surface area contributed by atoms with Crippen LogP contribution < -0.4 is 14.8 Å². The van der Waals surface area contributed by atoms with Gasteiger partial charge in [0.2, 0.25) is 12.7 Å². The molecule has 1 atom stereocenters. The first-order valence-corrected chi connectivity index (χ1v) is 10.0. The summed E-state index contributed by atoms with van der Waals surface area (Å²) < 4.78 is 10.7. The number of nitrogens with one attached hydrogen (secondary N) is 1. The Kier molecular flexibility index (Phi) is 5.29. The van der Waals surface area contributed by atoms with Gasteiger partial charge in [-0.3, -0.25) is 9.59 Å². The van der Waals surface area contributed by atoms with Crippen molar-refractivity contribution in [2.75, 3.05) is 26.4 Å². The molecule has 2 aromatic rings. The van der Waals surface area contributed by atoms with E-state index >= 15 is 0 Å². The summed E-state index contributed by atoms with van der Waals surface area (Å²) in [4.78, 5) is 27.4. The van der Waals surface area contributed by atoms with Gasteiger partial charge in [0.05, 0.1) is 11.3 Å². The van der Waals surface area contributed by atoms with Crippen molar-refractivity contribution in [1.29, 1.82) is 0 Å². The molecule has 2 aliphatic heterocycles. The monoisotopic (exact) mass is 386 g/mol. The fourth-order valence-corrected chi connectivity index (χ4v) is 4.17. The number of amides is 2. The van der Waals surface area contributed by atoms with Crippen LogP contribution in [0.2, 0.25) is 0 Å². The van der Waals surface area contributed by atoms with Crippen LogP contribution in [-0.4, -0.2) is 43.1 Å². The molecule has 7 heteroatoms. The SMILES string of the molecule is O=C(NCC1CCCN(C(=O)Cc2ccc3c(c2)OCO3)C1)c1cccs1. The zero-order chi connectivity index (χ0) is 18.6. The minimum Gasteiger partial charge on any atom is -0.454 e. The molecule has 1 N–H and O–H groups in total. The topological polar surface area (TPSA) is 67.9 Å². The normalized spacial score (nSPS) is 18.4. The number of carbonyl (C=O) groups is 2. The maximum atomic E-state index is 12.7. The van der Waals surface area contributed by atoms with Gasteiger partial charge in [0, 0.05) is 19.6 Å². The zero-order valence-corrected chi connectivity index (χ0v) is 15.8. The van der Waals surface area contributed by atoms with E-state index in [1.807, 2.05) is 40.6 Å². The highest BCUT2D eigenvalue weighted by atomic mass is 32.1. The van der Waals surface area contributed by atoms with E-state index in [1.54, 1.807) is 0 Å². The van der Waals surface area contributed by atoms with Crippen molar-refractivity contribution in [3.63, 3.8) is 0 Å². The van der Waals surface area contributed by atoms with E-state index in [0.717, 1.165) is 35.6 Å². The van der Waals surface area contributed by atoms with Crippen LogP contribution in [0.5, 0.6) is 11.5 Å². The van der Waals surface area contributed by atoms with Crippen molar-refractivity contribution in [3.05, 3.63) is 46.2 Å². The second-order valence-corrected chi connectivity index (χ2v) is 7.85. The quantitative estimate of drug-likeness (QED) is 0.858. The van der Waals surface area contributed by atoms with Crippen LogP contribution in [-0.2, 0) is 11.2 Å². The second kappa shape index (κ2) is 8.00. The minimum absolute atomic E-state index is 0.0335. The van der Waals surface area contributed by atoms with Gasteiger partial charge < -0.3 is 19.7 Å². The van der Waals surface area contributed by atoms with Crippen LogP contribution in [0, 0.1) is 5.92 Å². The maximum Gasteiger partial charge on any atom is 0.261 e. The van der Waals surface area contributed by atoms with Crippen molar-refractivity contribution >= 4 is 23.2 Å². The van der Waals surface area contributed by atoms with Crippen LogP contribution in [0.15, 0.2) is 35.7 Å². The van der Waals surface area contributed by atoms with Crippen molar-refractivity contribution in [3.8, 4) is 11.5 Å². The van der Waals surface area contributed by atoms with Crippen LogP contribution in [0.3, 0.4) is 0 Å². The Morgan fingerprint density at radius 2 is 2.11 bits per heavy atom. The van der Waals surface area contributed by atoms with E-state index < -0.39 is 0 Å². The van der Waals surface area contributed by atoms with E-state index in [1.165, 1.54) is 11.3 Å². The van der Waals surface area contributed by atoms with Gasteiger partial charge in [0.1, 0.15) is 0 Å². The number of fused-ring (bicyclic) bond motifs is 1. The van der Waals surface area contributed by atoms with Crippen LogP contribution in [0.4, 0.5) is 0 Å². The Hall–Kier alpha value is -2.54. The molecule has 1 fully saturated rings. The minimum atomic E-state index is -0.0335. The lowest BCUT2D eigenvalue weighted by Gasteiger charge is -2.33. The standard InChI is InChI=1S/C20H22N2O4S/c23-19(10-14-5-6-16-17(9-14)26-13-25-16)22-7-1-3-15(12-22)11-21-20(24)18-4-2-8-27-18/h2,4-6,8-9,15H,1,3,7,10-13H2,(H,21,24). The molecule has 1 aromatic carbocycles. The molecule has 6 nitrogen and oxygen atoms in total. The molecule has 0 aliphatic carbocycles. The van der Waals surface area contributed by atoms with E-state index in [-0.39, 0.29) is 18.6 Å². The first-order valence-electron chi connectivity index (χ1n) is 9.17. The molecule has 0 bridgehead atoms. The molecule has 2 aliphatic rings. The smallest absolute Gasteiger partial charge is 0.261 e.